The summed E-state index contributed by atoms with van der Waals surface area (Å²) in [4.78, 5) is 0. The van der Waals surface area contributed by atoms with Crippen LogP contribution in [0.3, 0.4) is 0 Å². The summed E-state index contributed by atoms with van der Waals surface area (Å²) in [5.41, 5.74) is 1.81. The highest BCUT2D eigenvalue weighted by Gasteiger charge is 2.42. The maximum atomic E-state index is 3.61. The van der Waals surface area contributed by atoms with Gasteiger partial charge in [-0.2, -0.15) is 0 Å². The second-order valence-corrected chi connectivity index (χ2v) is 5.66. The monoisotopic (exact) mass is 301 g/mol. The first kappa shape index (κ1) is 10.3. The van der Waals surface area contributed by atoms with Crippen molar-refractivity contribution in [1.82, 2.24) is 0 Å². The number of nitrogens with one attached hydrogen (secondary N) is 1. The fourth-order valence-electron chi connectivity index (χ4n) is 1.62. The van der Waals surface area contributed by atoms with E-state index in [2.05, 4.69) is 66.0 Å². The van der Waals surface area contributed by atoms with E-state index in [1.54, 1.807) is 0 Å². The van der Waals surface area contributed by atoms with E-state index < -0.39 is 0 Å². The molecule has 1 aromatic carbocycles. The number of rotatable bonds is 3. The Morgan fingerprint density at radius 3 is 2.57 bits per heavy atom. The first-order valence-corrected chi connectivity index (χ1v) is 6.21. The average molecular weight is 301 g/mol. The molecule has 1 saturated carbocycles. The molecule has 0 radical (unpaired) electrons. The smallest absolute Gasteiger partial charge is 0.0478 e. The van der Waals surface area contributed by atoms with Gasteiger partial charge in [0.2, 0.25) is 0 Å². The number of anilines is 1. The van der Waals surface area contributed by atoms with E-state index in [0.717, 1.165) is 0 Å². The lowest BCUT2D eigenvalue weighted by Crippen LogP contribution is -2.25. The molecule has 1 N–H and O–H groups in total. The number of benzene rings is 1. The van der Waals surface area contributed by atoms with Crippen molar-refractivity contribution < 1.29 is 0 Å². The van der Waals surface area contributed by atoms with Gasteiger partial charge in [0.05, 0.1) is 0 Å². The molecule has 0 spiro atoms. The van der Waals surface area contributed by atoms with Gasteiger partial charge in [-0.25, -0.2) is 0 Å². The second-order valence-electron chi connectivity index (χ2n) is 4.50. The molecular formula is C12H16IN. The van der Waals surface area contributed by atoms with E-state index >= 15 is 0 Å². The standard InChI is InChI=1S/C12H16IN/c1-9(12(2)7-8-12)14-11-6-4-3-5-10(11)13/h3-6,9,14H,7-8H2,1-2H3. The van der Waals surface area contributed by atoms with Crippen LogP contribution in [-0.4, -0.2) is 6.04 Å². The van der Waals surface area contributed by atoms with E-state index in [-0.39, 0.29) is 0 Å². The zero-order chi connectivity index (χ0) is 10.2. The lowest BCUT2D eigenvalue weighted by atomic mass is 10.0. The quantitative estimate of drug-likeness (QED) is 0.835. The van der Waals surface area contributed by atoms with Crippen molar-refractivity contribution in [3.8, 4) is 0 Å². The third-order valence-electron chi connectivity index (χ3n) is 3.33. The predicted octanol–water partition coefficient (Wildman–Crippen LogP) is 3.89. The summed E-state index contributed by atoms with van der Waals surface area (Å²) < 4.78 is 1.31. The molecule has 0 saturated heterocycles. The van der Waals surface area contributed by atoms with Gasteiger partial charge in [-0.1, -0.05) is 19.1 Å². The number of hydrogen-bond acceptors (Lipinski definition) is 1. The first-order chi connectivity index (χ1) is 6.62. The van der Waals surface area contributed by atoms with Crippen LogP contribution < -0.4 is 5.32 Å². The molecule has 0 aliphatic heterocycles. The molecular weight excluding hydrogens is 285 g/mol. The lowest BCUT2D eigenvalue weighted by Gasteiger charge is -2.22. The summed E-state index contributed by atoms with van der Waals surface area (Å²) in [5.74, 6) is 0. The topological polar surface area (TPSA) is 12.0 Å². The highest BCUT2D eigenvalue weighted by molar-refractivity contribution is 14.1. The molecule has 1 nitrogen and oxygen atoms in total. The number of para-hydroxylation sites is 1. The molecule has 0 amide bonds. The minimum absolute atomic E-state index is 0.541. The van der Waals surface area contributed by atoms with Crippen molar-refractivity contribution in [2.24, 2.45) is 5.41 Å². The summed E-state index contributed by atoms with van der Waals surface area (Å²) in [7, 11) is 0. The third-order valence-corrected chi connectivity index (χ3v) is 4.27. The number of hydrogen-bond donors (Lipinski definition) is 1. The molecule has 2 heteroatoms. The Kier molecular flexibility index (Phi) is 2.73. The Bertz CT molecular complexity index is 331. The van der Waals surface area contributed by atoms with E-state index in [9.17, 15) is 0 Å². The Labute approximate surface area is 99.4 Å². The minimum Gasteiger partial charge on any atom is -0.381 e. The predicted molar refractivity (Wildman–Crippen MR) is 69.6 cm³/mol. The molecule has 0 bridgehead atoms. The zero-order valence-corrected chi connectivity index (χ0v) is 10.8. The summed E-state index contributed by atoms with van der Waals surface area (Å²) >= 11 is 2.38. The lowest BCUT2D eigenvalue weighted by molar-refractivity contribution is 0.493. The highest BCUT2D eigenvalue weighted by atomic mass is 127. The Balaban J connectivity index is 2.07. The molecule has 1 unspecified atom stereocenters. The van der Waals surface area contributed by atoms with Crippen LogP contribution in [0.2, 0.25) is 0 Å². The van der Waals surface area contributed by atoms with E-state index in [0.29, 0.717) is 11.5 Å². The van der Waals surface area contributed by atoms with Crippen molar-refractivity contribution in [3.63, 3.8) is 0 Å². The van der Waals surface area contributed by atoms with Gasteiger partial charge in [-0.3, -0.25) is 0 Å². The van der Waals surface area contributed by atoms with Gasteiger partial charge >= 0.3 is 0 Å². The third kappa shape index (κ3) is 2.05. The van der Waals surface area contributed by atoms with Crippen LogP contribution in [-0.2, 0) is 0 Å². The van der Waals surface area contributed by atoms with Gasteiger partial charge in [0.15, 0.2) is 0 Å². The minimum atomic E-state index is 0.541. The van der Waals surface area contributed by atoms with Gasteiger partial charge in [0.25, 0.3) is 0 Å². The zero-order valence-electron chi connectivity index (χ0n) is 8.68. The van der Waals surface area contributed by atoms with Crippen LogP contribution in [0.5, 0.6) is 0 Å². The molecule has 1 atom stereocenters. The molecule has 76 valence electrons. The fourth-order valence-corrected chi connectivity index (χ4v) is 2.16. The molecule has 1 aromatic rings. The molecule has 1 fully saturated rings. The van der Waals surface area contributed by atoms with Crippen LogP contribution in [0.4, 0.5) is 5.69 Å². The van der Waals surface area contributed by atoms with E-state index in [1.807, 2.05) is 0 Å². The Morgan fingerprint density at radius 2 is 2.00 bits per heavy atom. The summed E-state index contributed by atoms with van der Waals surface area (Å²) in [6, 6.07) is 9.05. The maximum Gasteiger partial charge on any atom is 0.0478 e. The highest BCUT2D eigenvalue weighted by Crippen LogP contribution is 2.48. The Hall–Kier alpha value is -0.250. The first-order valence-electron chi connectivity index (χ1n) is 5.13. The van der Waals surface area contributed by atoms with Gasteiger partial charge in [-0.15, -0.1) is 0 Å². The fraction of sp³-hybridized carbons (Fsp3) is 0.500. The molecule has 1 aliphatic rings. The summed E-state index contributed by atoms with van der Waals surface area (Å²) in [6.45, 7) is 4.65. The van der Waals surface area contributed by atoms with Crippen molar-refractivity contribution in [2.45, 2.75) is 32.7 Å². The van der Waals surface area contributed by atoms with Gasteiger partial charge in [0.1, 0.15) is 0 Å². The summed E-state index contributed by atoms with van der Waals surface area (Å²) in [5, 5.41) is 3.61. The van der Waals surface area contributed by atoms with Crippen LogP contribution in [0.1, 0.15) is 26.7 Å². The molecule has 2 rings (SSSR count). The molecule has 1 aliphatic carbocycles. The largest absolute Gasteiger partial charge is 0.381 e. The average Bonchev–Trinajstić information content (AvgIpc) is 2.89. The van der Waals surface area contributed by atoms with Gasteiger partial charge in [-0.05, 0) is 59.9 Å². The normalized spacial score (nSPS) is 20.2. The van der Waals surface area contributed by atoms with Crippen molar-refractivity contribution in [2.75, 3.05) is 5.32 Å². The van der Waals surface area contributed by atoms with Crippen LogP contribution in [0.15, 0.2) is 24.3 Å². The van der Waals surface area contributed by atoms with E-state index in [1.165, 1.54) is 22.1 Å². The second kappa shape index (κ2) is 3.72. The van der Waals surface area contributed by atoms with Crippen LogP contribution in [0, 0.1) is 8.99 Å². The van der Waals surface area contributed by atoms with Crippen LogP contribution in [0.25, 0.3) is 0 Å². The maximum absolute atomic E-state index is 3.61. The molecule has 0 aromatic heterocycles. The van der Waals surface area contributed by atoms with Crippen molar-refractivity contribution in [1.29, 1.82) is 0 Å². The summed E-state index contributed by atoms with van der Waals surface area (Å²) in [6.07, 6.45) is 2.73. The van der Waals surface area contributed by atoms with E-state index in [4.69, 9.17) is 0 Å². The molecule has 0 heterocycles. The van der Waals surface area contributed by atoms with Gasteiger partial charge < -0.3 is 5.32 Å². The SMILES string of the molecule is CC(Nc1ccccc1I)C1(C)CC1. The number of halogens is 1. The van der Waals surface area contributed by atoms with Gasteiger partial charge in [0, 0.05) is 15.3 Å². The Morgan fingerprint density at radius 1 is 1.36 bits per heavy atom. The van der Waals surface area contributed by atoms with Crippen molar-refractivity contribution >= 4 is 28.3 Å². The van der Waals surface area contributed by atoms with Crippen LogP contribution >= 0.6 is 22.6 Å². The molecule has 14 heavy (non-hydrogen) atoms. The van der Waals surface area contributed by atoms with Crippen molar-refractivity contribution in [3.05, 3.63) is 27.8 Å².